The Labute approximate surface area is 191 Å². The number of carbonyl (C=O) groups excluding carboxylic acids is 3. The third-order valence-corrected chi connectivity index (χ3v) is 6.23. The first-order valence-corrected chi connectivity index (χ1v) is 11.0. The standard InChI is InChI=1S/C23H26N2O6S/c1-4-31-23(28)13-24-21(26)14-25-16-7-5-6-8-19(16)32-20(12-22(25)27)15-9-10-17(29-2)18(11-15)30-3/h5-11,20H,4,12-14H2,1-3H3,(H,24,26). The second-order valence-corrected chi connectivity index (χ2v) is 8.20. The molecule has 1 aliphatic rings. The number of thioether (sulfide) groups is 1. The average Bonchev–Trinajstić information content (AvgIpc) is 2.94. The zero-order chi connectivity index (χ0) is 23.1. The van der Waals surface area contributed by atoms with Crippen LogP contribution in [0.5, 0.6) is 11.5 Å². The van der Waals surface area contributed by atoms with Crippen molar-refractivity contribution in [1.82, 2.24) is 5.32 Å². The number of ether oxygens (including phenoxy) is 3. The second kappa shape index (κ2) is 10.9. The molecule has 0 aliphatic carbocycles. The molecular weight excluding hydrogens is 432 g/mol. The van der Waals surface area contributed by atoms with Gasteiger partial charge >= 0.3 is 5.97 Å². The van der Waals surface area contributed by atoms with E-state index in [0.29, 0.717) is 17.2 Å². The summed E-state index contributed by atoms with van der Waals surface area (Å²) in [6.45, 7) is 1.51. The maximum absolute atomic E-state index is 13.2. The SMILES string of the molecule is CCOC(=O)CNC(=O)CN1C(=O)CC(c2ccc(OC)c(OC)c2)Sc2ccccc21. The molecule has 0 aromatic heterocycles. The fourth-order valence-corrected chi connectivity index (χ4v) is 4.64. The molecule has 3 rings (SSSR count). The van der Waals surface area contributed by atoms with Gasteiger partial charge in [-0.1, -0.05) is 18.2 Å². The molecule has 1 N–H and O–H groups in total. The summed E-state index contributed by atoms with van der Waals surface area (Å²) in [5, 5.41) is 2.34. The summed E-state index contributed by atoms with van der Waals surface area (Å²) in [4.78, 5) is 39.5. The highest BCUT2D eigenvalue weighted by molar-refractivity contribution is 7.99. The normalized spacial score (nSPS) is 15.4. The van der Waals surface area contributed by atoms with E-state index in [2.05, 4.69) is 5.32 Å². The molecule has 1 heterocycles. The minimum absolute atomic E-state index is 0.170. The Morgan fingerprint density at radius 1 is 1.12 bits per heavy atom. The fourth-order valence-electron chi connectivity index (χ4n) is 3.37. The van der Waals surface area contributed by atoms with Crippen molar-refractivity contribution in [3.63, 3.8) is 0 Å². The first-order valence-electron chi connectivity index (χ1n) is 10.2. The summed E-state index contributed by atoms with van der Waals surface area (Å²) in [5.41, 5.74) is 1.58. The van der Waals surface area contributed by atoms with E-state index in [1.165, 1.54) is 4.90 Å². The van der Waals surface area contributed by atoms with Crippen molar-refractivity contribution in [3.05, 3.63) is 48.0 Å². The molecule has 8 nitrogen and oxygen atoms in total. The smallest absolute Gasteiger partial charge is 0.325 e. The monoisotopic (exact) mass is 458 g/mol. The van der Waals surface area contributed by atoms with Gasteiger partial charge < -0.3 is 24.4 Å². The molecule has 0 radical (unpaired) electrons. The molecule has 0 saturated carbocycles. The van der Waals surface area contributed by atoms with Crippen LogP contribution in [0.1, 0.15) is 24.2 Å². The van der Waals surface area contributed by atoms with Crippen molar-refractivity contribution in [3.8, 4) is 11.5 Å². The number of fused-ring (bicyclic) bond motifs is 1. The highest BCUT2D eigenvalue weighted by atomic mass is 32.2. The average molecular weight is 459 g/mol. The largest absolute Gasteiger partial charge is 0.493 e. The summed E-state index contributed by atoms with van der Waals surface area (Å²) in [6.07, 6.45) is 0.194. The van der Waals surface area contributed by atoms with Gasteiger partial charge in [0.2, 0.25) is 11.8 Å². The Hall–Kier alpha value is -3.20. The number of hydrogen-bond acceptors (Lipinski definition) is 7. The van der Waals surface area contributed by atoms with E-state index >= 15 is 0 Å². The molecule has 32 heavy (non-hydrogen) atoms. The Morgan fingerprint density at radius 3 is 2.59 bits per heavy atom. The summed E-state index contributed by atoms with van der Waals surface area (Å²) in [5.74, 6) is 0.0593. The highest BCUT2D eigenvalue weighted by Crippen LogP contribution is 2.46. The molecule has 1 unspecified atom stereocenters. The van der Waals surface area contributed by atoms with Crippen LogP contribution in [0.2, 0.25) is 0 Å². The van der Waals surface area contributed by atoms with E-state index in [4.69, 9.17) is 14.2 Å². The predicted octanol–water partition coefficient (Wildman–Crippen LogP) is 2.95. The van der Waals surface area contributed by atoms with Crippen LogP contribution in [0.25, 0.3) is 0 Å². The number of nitrogens with one attached hydrogen (secondary N) is 1. The van der Waals surface area contributed by atoms with Gasteiger partial charge in [-0.2, -0.15) is 0 Å². The van der Waals surface area contributed by atoms with E-state index in [-0.39, 0.29) is 37.3 Å². The van der Waals surface area contributed by atoms with Crippen molar-refractivity contribution >= 4 is 35.2 Å². The molecule has 0 bridgehead atoms. The van der Waals surface area contributed by atoms with Gasteiger partial charge in [-0.05, 0) is 36.8 Å². The lowest BCUT2D eigenvalue weighted by molar-refractivity contribution is -0.143. The molecule has 170 valence electrons. The van der Waals surface area contributed by atoms with Crippen LogP contribution in [-0.4, -0.2) is 51.7 Å². The van der Waals surface area contributed by atoms with Crippen molar-refractivity contribution in [2.24, 2.45) is 0 Å². The quantitative estimate of drug-likeness (QED) is 0.608. The Bertz CT molecular complexity index is 996. The first kappa shape index (κ1) is 23.5. The van der Waals surface area contributed by atoms with Gasteiger partial charge in [0.1, 0.15) is 13.1 Å². The second-order valence-electron chi connectivity index (χ2n) is 6.95. The zero-order valence-electron chi connectivity index (χ0n) is 18.3. The van der Waals surface area contributed by atoms with Crippen LogP contribution >= 0.6 is 11.8 Å². The van der Waals surface area contributed by atoms with Crippen LogP contribution in [-0.2, 0) is 19.1 Å². The molecule has 0 spiro atoms. The van der Waals surface area contributed by atoms with Gasteiger partial charge in [0.05, 0.1) is 26.5 Å². The van der Waals surface area contributed by atoms with Crippen LogP contribution in [0.3, 0.4) is 0 Å². The topological polar surface area (TPSA) is 94.2 Å². The number of methoxy groups -OCH3 is 2. The molecule has 0 fully saturated rings. The van der Waals surface area contributed by atoms with Crippen molar-refractivity contribution in [1.29, 1.82) is 0 Å². The Kier molecular flexibility index (Phi) is 7.99. The minimum Gasteiger partial charge on any atom is -0.493 e. The summed E-state index contributed by atoms with van der Waals surface area (Å²) < 4.78 is 15.5. The number of rotatable bonds is 8. The Balaban J connectivity index is 1.82. The molecule has 9 heteroatoms. The lowest BCUT2D eigenvalue weighted by atomic mass is 10.1. The number of hydrogen-bond donors (Lipinski definition) is 1. The first-order chi connectivity index (χ1) is 15.5. The summed E-state index contributed by atoms with van der Waals surface area (Å²) in [6, 6.07) is 13.1. The molecule has 1 aliphatic heterocycles. The van der Waals surface area contributed by atoms with Gasteiger partial charge in [0, 0.05) is 16.6 Å². The maximum Gasteiger partial charge on any atom is 0.325 e. The van der Waals surface area contributed by atoms with E-state index < -0.39 is 11.9 Å². The predicted molar refractivity (Wildman–Crippen MR) is 121 cm³/mol. The van der Waals surface area contributed by atoms with Crippen molar-refractivity contribution < 1.29 is 28.6 Å². The Morgan fingerprint density at radius 2 is 1.88 bits per heavy atom. The highest BCUT2D eigenvalue weighted by Gasteiger charge is 2.31. The van der Waals surface area contributed by atoms with Crippen LogP contribution in [0, 0.1) is 0 Å². The van der Waals surface area contributed by atoms with Crippen molar-refractivity contribution in [2.45, 2.75) is 23.5 Å². The van der Waals surface area contributed by atoms with E-state index in [1.807, 2.05) is 42.5 Å². The van der Waals surface area contributed by atoms with Gasteiger partial charge in [-0.25, -0.2) is 0 Å². The lowest BCUT2D eigenvalue weighted by Crippen LogP contribution is -2.42. The number of carbonyl (C=O) groups is 3. The molecule has 1 atom stereocenters. The molecular formula is C23H26N2O6S. The van der Waals surface area contributed by atoms with E-state index in [9.17, 15) is 14.4 Å². The van der Waals surface area contributed by atoms with Crippen LogP contribution in [0.4, 0.5) is 5.69 Å². The summed E-state index contributed by atoms with van der Waals surface area (Å²) >= 11 is 1.56. The van der Waals surface area contributed by atoms with Gasteiger partial charge in [-0.15, -0.1) is 11.8 Å². The van der Waals surface area contributed by atoms with Crippen LogP contribution < -0.4 is 19.7 Å². The van der Waals surface area contributed by atoms with Crippen LogP contribution in [0.15, 0.2) is 47.4 Å². The maximum atomic E-state index is 13.2. The lowest BCUT2D eigenvalue weighted by Gasteiger charge is -2.22. The van der Waals surface area contributed by atoms with Gasteiger partial charge in [0.15, 0.2) is 11.5 Å². The number of amides is 2. The summed E-state index contributed by atoms with van der Waals surface area (Å²) in [7, 11) is 3.14. The minimum atomic E-state index is -0.521. The number of anilines is 1. The molecule has 2 amide bonds. The number of nitrogens with zero attached hydrogens (tertiary/aromatic N) is 1. The fraction of sp³-hybridized carbons (Fsp3) is 0.348. The third-order valence-electron chi connectivity index (χ3n) is 4.90. The van der Waals surface area contributed by atoms with Gasteiger partial charge in [-0.3, -0.25) is 14.4 Å². The third kappa shape index (κ3) is 5.53. The number of para-hydroxylation sites is 1. The molecule has 0 saturated heterocycles. The number of benzene rings is 2. The van der Waals surface area contributed by atoms with Crippen molar-refractivity contribution in [2.75, 3.05) is 38.8 Å². The van der Waals surface area contributed by atoms with Gasteiger partial charge in [0.25, 0.3) is 0 Å². The number of esters is 1. The van der Waals surface area contributed by atoms with E-state index in [0.717, 1.165) is 10.5 Å². The molecule has 2 aromatic rings. The zero-order valence-corrected chi connectivity index (χ0v) is 19.1. The van der Waals surface area contributed by atoms with E-state index in [1.54, 1.807) is 32.9 Å². The molecule has 2 aromatic carbocycles.